The smallest absolute Gasteiger partial charge is 0.336 e. The van der Waals surface area contributed by atoms with Gasteiger partial charge in [-0.1, -0.05) is 34.1 Å². The molecule has 1 aromatic carbocycles. The van der Waals surface area contributed by atoms with Crippen LogP contribution in [0.5, 0.6) is 0 Å². The zero-order chi connectivity index (χ0) is 18.6. The van der Waals surface area contributed by atoms with Gasteiger partial charge in [0, 0.05) is 21.8 Å². The number of benzene rings is 1. The summed E-state index contributed by atoms with van der Waals surface area (Å²) in [5, 5.41) is 0. The highest BCUT2D eigenvalue weighted by atomic mass is 79.9. The average Bonchev–Trinajstić information content (AvgIpc) is 2.54. The molecule has 1 heterocycles. The van der Waals surface area contributed by atoms with Crippen molar-refractivity contribution in [3.05, 3.63) is 45.6 Å². The van der Waals surface area contributed by atoms with Gasteiger partial charge in [0.1, 0.15) is 5.92 Å². The topological polar surface area (TPSA) is 65.0 Å². The van der Waals surface area contributed by atoms with Gasteiger partial charge in [-0.3, -0.25) is 9.79 Å². The highest BCUT2D eigenvalue weighted by molar-refractivity contribution is 9.10. The summed E-state index contributed by atoms with van der Waals surface area (Å²) in [7, 11) is 0. The molecular weight excluding hydrogens is 386 g/mol. The number of carbonyl (C=O) groups is 2. The predicted molar refractivity (Wildman–Crippen MR) is 99.4 cm³/mol. The molecule has 134 valence electrons. The lowest BCUT2D eigenvalue weighted by Gasteiger charge is -2.32. The number of allylic oxidation sites excluding steroid dienone is 1. The first-order valence-corrected chi connectivity index (χ1v) is 9.05. The Balaban J connectivity index is 2.65. The van der Waals surface area contributed by atoms with Gasteiger partial charge in [-0.25, -0.2) is 4.79 Å². The van der Waals surface area contributed by atoms with E-state index in [0.29, 0.717) is 17.0 Å². The maximum atomic E-state index is 12.6. The predicted octanol–water partition coefficient (Wildman–Crippen LogP) is 4.02. The minimum atomic E-state index is -0.665. The van der Waals surface area contributed by atoms with E-state index in [1.165, 1.54) is 0 Å². The minimum Gasteiger partial charge on any atom is -0.465 e. The zero-order valence-corrected chi connectivity index (χ0v) is 16.4. The molecule has 1 aliphatic rings. The molecule has 0 aliphatic carbocycles. The summed E-state index contributed by atoms with van der Waals surface area (Å²) >= 11 is 3.54. The van der Waals surface area contributed by atoms with Crippen molar-refractivity contribution < 1.29 is 19.1 Å². The van der Waals surface area contributed by atoms with Crippen LogP contribution in [0, 0.1) is 5.92 Å². The molecule has 0 radical (unpaired) electrons. The first-order chi connectivity index (χ1) is 11.9. The number of carbonyl (C=O) groups excluding carboxylic acids is 2. The molecule has 6 heteroatoms. The molecule has 0 saturated carbocycles. The Morgan fingerprint density at radius 1 is 1.12 bits per heavy atom. The Morgan fingerprint density at radius 3 is 2.36 bits per heavy atom. The van der Waals surface area contributed by atoms with Crippen molar-refractivity contribution in [1.82, 2.24) is 0 Å². The maximum absolute atomic E-state index is 12.6. The third-order valence-corrected chi connectivity index (χ3v) is 4.83. The fourth-order valence-electron chi connectivity index (χ4n) is 3.11. The summed E-state index contributed by atoms with van der Waals surface area (Å²) in [5.74, 6) is -2.02. The van der Waals surface area contributed by atoms with Crippen molar-refractivity contribution in [2.45, 2.75) is 33.6 Å². The third kappa shape index (κ3) is 4.00. The summed E-state index contributed by atoms with van der Waals surface area (Å²) in [6, 6.07) is 7.54. The van der Waals surface area contributed by atoms with Crippen LogP contribution in [-0.4, -0.2) is 30.9 Å². The Morgan fingerprint density at radius 2 is 1.76 bits per heavy atom. The lowest BCUT2D eigenvalue weighted by atomic mass is 9.75. The van der Waals surface area contributed by atoms with Crippen molar-refractivity contribution in [2.75, 3.05) is 13.2 Å². The Bertz CT molecular complexity index is 739. The van der Waals surface area contributed by atoms with Gasteiger partial charge in [-0.15, -0.1) is 0 Å². The molecule has 1 aliphatic heterocycles. The van der Waals surface area contributed by atoms with Crippen molar-refractivity contribution in [3.8, 4) is 0 Å². The molecule has 2 unspecified atom stereocenters. The number of ether oxygens (including phenoxy) is 2. The number of aliphatic imine (C=N–C) groups is 1. The summed E-state index contributed by atoms with van der Waals surface area (Å²) in [5.41, 5.74) is 2.43. The average molecular weight is 408 g/mol. The number of hydrogen-bond acceptors (Lipinski definition) is 5. The first-order valence-electron chi connectivity index (χ1n) is 8.26. The van der Waals surface area contributed by atoms with Crippen LogP contribution >= 0.6 is 15.9 Å². The fourth-order valence-corrected chi connectivity index (χ4v) is 3.64. The SMILES string of the molecule is CCOC(=O)C1=C(C)N=C(C)C(C(=O)OCC)C1c1ccccc1Br. The molecule has 2 rings (SSSR count). The molecule has 0 spiro atoms. The number of rotatable bonds is 5. The molecule has 0 saturated heterocycles. The van der Waals surface area contributed by atoms with Gasteiger partial charge < -0.3 is 9.47 Å². The monoisotopic (exact) mass is 407 g/mol. The second-order valence-electron chi connectivity index (χ2n) is 5.70. The summed E-state index contributed by atoms with van der Waals surface area (Å²) in [4.78, 5) is 29.7. The van der Waals surface area contributed by atoms with Crippen molar-refractivity contribution >= 4 is 33.6 Å². The van der Waals surface area contributed by atoms with Gasteiger partial charge in [0.2, 0.25) is 0 Å². The van der Waals surface area contributed by atoms with E-state index in [-0.39, 0.29) is 19.2 Å². The fraction of sp³-hybridized carbons (Fsp3) is 0.421. The molecule has 5 nitrogen and oxygen atoms in total. The van der Waals surface area contributed by atoms with Gasteiger partial charge >= 0.3 is 11.9 Å². The zero-order valence-electron chi connectivity index (χ0n) is 14.8. The highest BCUT2D eigenvalue weighted by Crippen LogP contribution is 2.42. The normalized spacial score (nSPS) is 20.1. The standard InChI is InChI=1S/C19H22BrNO4/c1-5-24-18(22)15-11(3)21-12(4)16(19(23)25-6-2)17(15)13-9-7-8-10-14(13)20/h7-10,15,17H,5-6H2,1-4H3. The largest absolute Gasteiger partial charge is 0.465 e. The van der Waals surface area contributed by atoms with Crippen LogP contribution in [0.25, 0.3) is 0 Å². The summed E-state index contributed by atoms with van der Waals surface area (Å²) in [6.07, 6.45) is 0. The second-order valence-corrected chi connectivity index (χ2v) is 6.56. The molecule has 0 aromatic heterocycles. The van der Waals surface area contributed by atoms with E-state index in [1.807, 2.05) is 24.3 Å². The van der Waals surface area contributed by atoms with E-state index >= 15 is 0 Å². The van der Waals surface area contributed by atoms with Crippen LogP contribution in [0.15, 0.2) is 45.0 Å². The van der Waals surface area contributed by atoms with Crippen LogP contribution in [0.1, 0.15) is 39.2 Å². The Labute approximate surface area is 156 Å². The minimum absolute atomic E-state index is 0.255. The Hall–Kier alpha value is -1.95. The van der Waals surface area contributed by atoms with Crippen molar-refractivity contribution in [1.29, 1.82) is 0 Å². The van der Waals surface area contributed by atoms with Gasteiger partial charge in [-0.2, -0.15) is 0 Å². The lowest BCUT2D eigenvalue weighted by molar-refractivity contribution is -0.146. The van der Waals surface area contributed by atoms with E-state index in [9.17, 15) is 9.59 Å². The van der Waals surface area contributed by atoms with Crippen LogP contribution in [0.4, 0.5) is 0 Å². The molecule has 1 aromatic rings. The quantitative estimate of drug-likeness (QED) is 0.691. The maximum Gasteiger partial charge on any atom is 0.336 e. The molecule has 0 bridgehead atoms. The Kier molecular flexibility index (Phi) is 6.53. The van der Waals surface area contributed by atoms with Gasteiger partial charge in [0.05, 0.1) is 18.8 Å². The molecule has 0 N–H and O–H groups in total. The van der Waals surface area contributed by atoms with Gasteiger partial charge in [0.15, 0.2) is 0 Å². The number of halogens is 1. The number of esters is 2. The van der Waals surface area contributed by atoms with Gasteiger partial charge in [-0.05, 0) is 39.3 Å². The van der Waals surface area contributed by atoms with E-state index in [0.717, 1.165) is 10.0 Å². The molecule has 2 atom stereocenters. The van der Waals surface area contributed by atoms with Crippen molar-refractivity contribution in [2.24, 2.45) is 10.9 Å². The lowest BCUT2D eigenvalue weighted by Crippen LogP contribution is -2.36. The van der Waals surface area contributed by atoms with E-state index in [4.69, 9.17) is 9.47 Å². The van der Waals surface area contributed by atoms with E-state index in [1.54, 1.807) is 27.7 Å². The molecular formula is C19H22BrNO4. The van der Waals surface area contributed by atoms with Crippen LogP contribution < -0.4 is 0 Å². The summed E-state index contributed by atoms with van der Waals surface area (Å²) < 4.78 is 11.3. The highest BCUT2D eigenvalue weighted by Gasteiger charge is 2.42. The number of nitrogens with zero attached hydrogens (tertiary/aromatic N) is 1. The van der Waals surface area contributed by atoms with Crippen LogP contribution in [0.3, 0.4) is 0 Å². The van der Waals surface area contributed by atoms with Crippen LogP contribution in [0.2, 0.25) is 0 Å². The summed E-state index contributed by atoms with van der Waals surface area (Å²) in [6.45, 7) is 7.58. The number of hydrogen-bond donors (Lipinski definition) is 0. The van der Waals surface area contributed by atoms with E-state index in [2.05, 4.69) is 20.9 Å². The van der Waals surface area contributed by atoms with E-state index < -0.39 is 17.8 Å². The third-order valence-electron chi connectivity index (χ3n) is 4.10. The second kappa shape index (κ2) is 8.43. The molecule has 0 fully saturated rings. The first kappa shape index (κ1) is 19.4. The van der Waals surface area contributed by atoms with Crippen molar-refractivity contribution in [3.63, 3.8) is 0 Å². The molecule has 0 amide bonds. The van der Waals surface area contributed by atoms with Crippen LogP contribution in [-0.2, 0) is 19.1 Å². The van der Waals surface area contributed by atoms with Gasteiger partial charge in [0.25, 0.3) is 0 Å². The molecule has 25 heavy (non-hydrogen) atoms.